The van der Waals surface area contributed by atoms with Crippen LogP contribution in [0.5, 0.6) is 5.75 Å². The van der Waals surface area contributed by atoms with Gasteiger partial charge in [-0.15, -0.1) is 5.10 Å². The number of hydrogen-bond donors (Lipinski definition) is 0. The molecule has 10 nitrogen and oxygen atoms in total. The molecule has 5 rings (SSSR count). The minimum atomic E-state index is -4.09. The quantitative estimate of drug-likeness (QED) is 0.378. The molecule has 200 valence electrons. The number of fused-ring (bicyclic) bond motifs is 1. The van der Waals surface area contributed by atoms with E-state index in [9.17, 15) is 31.2 Å². The molecule has 0 bridgehead atoms. The van der Waals surface area contributed by atoms with Crippen molar-refractivity contribution < 1.29 is 35.9 Å². The van der Waals surface area contributed by atoms with Crippen molar-refractivity contribution in [3.8, 4) is 5.75 Å². The molecule has 2 aliphatic heterocycles. The van der Waals surface area contributed by atoms with Crippen LogP contribution in [0, 0.1) is 11.6 Å². The fraction of sp³-hybridized carbons (Fsp3) is 0.333. The Morgan fingerprint density at radius 3 is 2.68 bits per heavy atom. The molecular weight excluding hydrogens is 526 g/mol. The van der Waals surface area contributed by atoms with Crippen molar-refractivity contribution in [2.45, 2.75) is 36.9 Å². The summed E-state index contributed by atoms with van der Waals surface area (Å²) in [6, 6.07) is 6.10. The first kappa shape index (κ1) is 25.9. The largest absolute Gasteiger partial charge is 0.489 e. The Morgan fingerprint density at radius 1 is 1.11 bits per heavy atom. The van der Waals surface area contributed by atoms with Crippen LogP contribution in [0.1, 0.15) is 28.9 Å². The smallest absolute Gasteiger partial charge is 0.299 e. The highest BCUT2D eigenvalue weighted by Gasteiger charge is 2.40. The van der Waals surface area contributed by atoms with Gasteiger partial charge in [0.05, 0.1) is 41.5 Å². The molecule has 0 saturated carbocycles. The molecule has 14 heteroatoms. The number of ketones is 1. The second kappa shape index (κ2) is 10.2. The summed E-state index contributed by atoms with van der Waals surface area (Å²) < 4.78 is 74.5. The monoisotopic (exact) mass is 548 g/mol. The lowest BCUT2D eigenvalue weighted by atomic mass is 10.1. The molecule has 1 fully saturated rings. The number of rotatable bonds is 9. The first-order valence-corrected chi connectivity index (χ1v) is 13.2. The van der Waals surface area contributed by atoms with Crippen LogP contribution >= 0.6 is 0 Å². The molecular formula is C24H22F3N5O5S. The zero-order valence-electron chi connectivity index (χ0n) is 19.9. The van der Waals surface area contributed by atoms with E-state index in [4.69, 9.17) is 4.74 Å². The number of ether oxygens (including phenoxy) is 1. The second-order valence-corrected chi connectivity index (χ2v) is 10.7. The number of aromatic nitrogens is 3. The van der Waals surface area contributed by atoms with Crippen molar-refractivity contribution >= 4 is 27.4 Å². The van der Waals surface area contributed by atoms with Crippen LogP contribution in [-0.2, 0) is 27.9 Å². The molecule has 1 amide bonds. The molecule has 1 aromatic heterocycles. The summed E-state index contributed by atoms with van der Waals surface area (Å²) in [5.74, 6) is -3.55. The van der Waals surface area contributed by atoms with E-state index in [1.807, 2.05) is 0 Å². The molecule has 1 saturated heterocycles. The molecule has 0 spiro atoms. The number of Topliss-reactive ketones (excluding diaryl/α,β-unsaturated/α-hetero) is 1. The van der Waals surface area contributed by atoms with Gasteiger partial charge in [0.15, 0.2) is 11.6 Å². The van der Waals surface area contributed by atoms with E-state index in [-0.39, 0.29) is 48.1 Å². The Kier molecular flexibility index (Phi) is 6.92. The maximum Gasteiger partial charge on any atom is 0.299 e. The van der Waals surface area contributed by atoms with E-state index in [1.165, 1.54) is 38.3 Å². The number of carbonyl (C=O) groups is 2. The van der Waals surface area contributed by atoms with Crippen LogP contribution in [0.4, 0.5) is 18.9 Å². The van der Waals surface area contributed by atoms with Crippen LogP contribution < -0.4 is 9.64 Å². The number of hydrogen-bond acceptors (Lipinski definition) is 7. The summed E-state index contributed by atoms with van der Waals surface area (Å²) in [6.45, 7) is -0.703. The summed E-state index contributed by atoms with van der Waals surface area (Å²) in [6.07, 6.45) is 2.46. The SMILES string of the molecule is O=C1C(=O)N(Cc2cn(CC[18F])nn2)c2ccc(S(=O)(=O)N3CCC[C@@H]3COc3ccc(F)cc3F)cc21. The highest BCUT2D eigenvalue weighted by atomic mass is 32.2. The van der Waals surface area contributed by atoms with Gasteiger partial charge >= 0.3 is 0 Å². The lowest BCUT2D eigenvalue weighted by Crippen LogP contribution is -2.39. The number of alkyl halides is 1. The number of sulfonamides is 1. The zero-order valence-corrected chi connectivity index (χ0v) is 20.7. The summed E-state index contributed by atoms with van der Waals surface area (Å²) in [5.41, 5.74) is 0.501. The summed E-state index contributed by atoms with van der Waals surface area (Å²) in [5, 5.41) is 7.64. The maximum absolute atomic E-state index is 13.9. The molecule has 3 aromatic rings. The van der Waals surface area contributed by atoms with Gasteiger partial charge in [-0.1, -0.05) is 5.21 Å². The van der Waals surface area contributed by atoms with Crippen molar-refractivity contribution in [2.24, 2.45) is 0 Å². The van der Waals surface area contributed by atoms with Crippen molar-refractivity contribution in [1.29, 1.82) is 0 Å². The molecule has 0 radical (unpaired) electrons. The number of amides is 1. The summed E-state index contributed by atoms with van der Waals surface area (Å²) in [7, 11) is -4.09. The maximum atomic E-state index is 13.9. The van der Waals surface area contributed by atoms with E-state index >= 15 is 0 Å². The van der Waals surface area contributed by atoms with E-state index in [2.05, 4.69) is 10.3 Å². The fourth-order valence-electron chi connectivity index (χ4n) is 4.57. The Morgan fingerprint density at radius 2 is 1.92 bits per heavy atom. The third kappa shape index (κ3) is 4.76. The molecule has 38 heavy (non-hydrogen) atoms. The molecule has 2 aliphatic rings. The fourth-order valence-corrected chi connectivity index (χ4v) is 6.28. The van der Waals surface area contributed by atoms with E-state index in [1.54, 1.807) is 0 Å². The molecule has 0 aliphatic carbocycles. The van der Waals surface area contributed by atoms with E-state index < -0.39 is 46.1 Å². The van der Waals surface area contributed by atoms with Gasteiger partial charge in [0.1, 0.15) is 24.8 Å². The number of aryl methyl sites for hydroxylation is 1. The van der Waals surface area contributed by atoms with Crippen LogP contribution in [0.25, 0.3) is 0 Å². The van der Waals surface area contributed by atoms with Crippen LogP contribution in [0.2, 0.25) is 0 Å². The topological polar surface area (TPSA) is 115 Å². The standard InChI is InChI=1S/C24H22F3N5O5S/c25-7-9-30-12-16(28-29-30)13-31-21-5-4-18(11-19(21)23(33)24(31)34)38(35,36)32-8-1-2-17(32)14-37-22-6-3-15(26)10-20(22)27/h3-6,10-12,17H,1-2,7-9,13-14H2/t17-/m1/s1/i25-1. The molecule has 0 unspecified atom stereocenters. The first-order valence-electron chi connectivity index (χ1n) is 11.7. The molecule has 0 N–H and O–H groups in total. The molecule has 1 atom stereocenters. The minimum absolute atomic E-state index is 0.000935. The zero-order chi connectivity index (χ0) is 27.0. The Labute approximate surface area is 215 Å². The van der Waals surface area contributed by atoms with Gasteiger partial charge in [-0.05, 0) is 43.2 Å². The predicted octanol–water partition coefficient (Wildman–Crippen LogP) is 2.49. The third-order valence-corrected chi connectivity index (χ3v) is 8.37. The second-order valence-electron chi connectivity index (χ2n) is 8.86. The van der Waals surface area contributed by atoms with Gasteiger partial charge in [0.2, 0.25) is 10.0 Å². The average molecular weight is 549 g/mol. The Hall–Kier alpha value is -3.78. The van der Waals surface area contributed by atoms with Gasteiger partial charge < -0.3 is 4.74 Å². The predicted molar refractivity (Wildman–Crippen MR) is 127 cm³/mol. The Balaban J connectivity index is 1.35. The normalized spacial score (nSPS) is 17.9. The van der Waals surface area contributed by atoms with E-state index in [0.717, 1.165) is 12.1 Å². The van der Waals surface area contributed by atoms with Crippen molar-refractivity contribution in [2.75, 3.05) is 24.7 Å². The van der Waals surface area contributed by atoms with Crippen molar-refractivity contribution in [1.82, 2.24) is 19.3 Å². The van der Waals surface area contributed by atoms with Crippen LogP contribution in [-0.4, -0.2) is 65.3 Å². The number of benzene rings is 2. The van der Waals surface area contributed by atoms with Crippen molar-refractivity contribution in [3.63, 3.8) is 0 Å². The van der Waals surface area contributed by atoms with Gasteiger partial charge in [0, 0.05) is 12.6 Å². The number of anilines is 1. The van der Waals surface area contributed by atoms with Gasteiger partial charge in [-0.25, -0.2) is 26.3 Å². The highest BCUT2D eigenvalue weighted by Crippen LogP contribution is 2.34. The average Bonchev–Trinajstić information content (AvgIpc) is 3.60. The number of halogens is 3. The van der Waals surface area contributed by atoms with Crippen molar-refractivity contribution in [3.05, 3.63) is 65.5 Å². The van der Waals surface area contributed by atoms with Gasteiger partial charge in [0.25, 0.3) is 11.7 Å². The van der Waals surface area contributed by atoms with E-state index in [0.29, 0.717) is 24.6 Å². The third-order valence-electron chi connectivity index (χ3n) is 6.42. The lowest BCUT2D eigenvalue weighted by Gasteiger charge is -2.24. The lowest BCUT2D eigenvalue weighted by molar-refractivity contribution is -0.114. The minimum Gasteiger partial charge on any atom is -0.489 e. The highest BCUT2D eigenvalue weighted by molar-refractivity contribution is 7.89. The molecule has 2 aromatic carbocycles. The Bertz CT molecular complexity index is 1510. The first-order chi connectivity index (χ1) is 18.2. The number of carbonyl (C=O) groups excluding carboxylic acids is 2. The summed E-state index contributed by atoms with van der Waals surface area (Å²) in [4.78, 5) is 26.4. The number of nitrogens with zero attached hydrogens (tertiary/aromatic N) is 5. The van der Waals surface area contributed by atoms with Crippen LogP contribution in [0.3, 0.4) is 0 Å². The summed E-state index contributed by atoms with van der Waals surface area (Å²) >= 11 is 0. The van der Waals surface area contributed by atoms with Crippen LogP contribution in [0.15, 0.2) is 47.5 Å². The van der Waals surface area contributed by atoms with Gasteiger partial charge in [-0.3, -0.25) is 14.5 Å². The van der Waals surface area contributed by atoms with Gasteiger partial charge in [-0.2, -0.15) is 4.31 Å². The molecule has 3 heterocycles.